The van der Waals surface area contributed by atoms with E-state index in [9.17, 15) is 4.79 Å². The van der Waals surface area contributed by atoms with Crippen molar-refractivity contribution in [3.05, 3.63) is 95.1 Å². The molecule has 1 atom stereocenters. The van der Waals surface area contributed by atoms with E-state index >= 15 is 0 Å². The second-order valence-corrected chi connectivity index (χ2v) is 10.1. The lowest BCUT2D eigenvalue weighted by Gasteiger charge is -2.48. The van der Waals surface area contributed by atoms with Crippen LogP contribution in [0.5, 0.6) is 0 Å². The van der Waals surface area contributed by atoms with Gasteiger partial charge >= 0.3 is 5.97 Å². The molecule has 2 heterocycles. The maximum Gasteiger partial charge on any atom is 0.335 e. The van der Waals surface area contributed by atoms with Gasteiger partial charge in [0, 0.05) is 5.92 Å². The number of hydrogen-bond acceptors (Lipinski definition) is 4. The molecule has 34 heavy (non-hydrogen) atoms. The van der Waals surface area contributed by atoms with Crippen LogP contribution in [0.3, 0.4) is 0 Å². The van der Waals surface area contributed by atoms with E-state index in [4.69, 9.17) is 9.47 Å². The largest absolute Gasteiger partial charge is 0.464 e. The summed E-state index contributed by atoms with van der Waals surface area (Å²) in [5, 5.41) is 4.72. The molecular formula is C30H24O3S. The first-order valence-corrected chi connectivity index (χ1v) is 12.6. The number of esters is 1. The zero-order chi connectivity index (χ0) is 23.3. The van der Waals surface area contributed by atoms with Crippen molar-refractivity contribution in [1.29, 1.82) is 0 Å². The van der Waals surface area contributed by atoms with Crippen LogP contribution < -0.4 is 0 Å². The summed E-state index contributed by atoms with van der Waals surface area (Å²) in [5.74, 6) is 2.70. The normalized spacial score (nSPS) is 21.9. The molecule has 3 nitrogen and oxygen atoms in total. The molecule has 0 fully saturated rings. The summed E-state index contributed by atoms with van der Waals surface area (Å²) in [7, 11) is 0. The maximum absolute atomic E-state index is 13.6. The summed E-state index contributed by atoms with van der Waals surface area (Å²) in [6.07, 6.45) is 2.83. The van der Waals surface area contributed by atoms with E-state index in [0.29, 0.717) is 13.2 Å². The molecule has 168 valence electrons. The number of carbonyl (C=O) groups excluding carboxylic acids is 1. The van der Waals surface area contributed by atoms with Crippen LogP contribution in [-0.2, 0) is 14.3 Å². The Bertz CT molecular complexity index is 1430. The molecule has 2 aliphatic heterocycles. The molecule has 3 aliphatic rings. The number of carbonyl (C=O) groups is 1. The Labute approximate surface area is 203 Å². The first-order valence-electron chi connectivity index (χ1n) is 11.7. The van der Waals surface area contributed by atoms with E-state index in [1.165, 1.54) is 21.9 Å². The van der Waals surface area contributed by atoms with Gasteiger partial charge in [-0.3, -0.25) is 0 Å². The van der Waals surface area contributed by atoms with Gasteiger partial charge in [0.2, 0.25) is 0 Å². The lowest BCUT2D eigenvalue weighted by Crippen LogP contribution is -2.48. The Balaban J connectivity index is 1.68. The van der Waals surface area contributed by atoms with Gasteiger partial charge in [-0.2, -0.15) is 0 Å². The van der Waals surface area contributed by atoms with Crippen LogP contribution in [0.4, 0.5) is 0 Å². The Morgan fingerprint density at radius 1 is 0.824 bits per heavy atom. The van der Waals surface area contributed by atoms with Crippen LogP contribution in [0.1, 0.15) is 47.3 Å². The molecule has 4 aromatic rings. The molecule has 0 saturated carbocycles. The summed E-state index contributed by atoms with van der Waals surface area (Å²) in [6, 6.07) is 25.9. The molecule has 0 radical (unpaired) electrons. The van der Waals surface area contributed by atoms with Gasteiger partial charge in [-0.1, -0.05) is 60.7 Å². The smallest absolute Gasteiger partial charge is 0.335 e. The Hall–Kier alpha value is -3.42. The molecule has 4 heteroatoms. The highest BCUT2D eigenvalue weighted by Crippen LogP contribution is 2.65. The van der Waals surface area contributed by atoms with Crippen molar-refractivity contribution < 1.29 is 14.3 Å². The monoisotopic (exact) mass is 464 g/mol. The zero-order valence-electron chi connectivity index (χ0n) is 19.1. The molecule has 0 saturated heterocycles. The number of benzene rings is 4. The summed E-state index contributed by atoms with van der Waals surface area (Å²) < 4.78 is 10.0. The number of rotatable bonds is 3. The number of thioether (sulfide) groups is 1. The first-order chi connectivity index (χ1) is 16.7. The molecule has 4 aromatic carbocycles. The molecular weight excluding hydrogens is 440 g/mol. The van der Waals surface area contributed by atoms with Crippen molar-refractivity contribution >= 4 is 39.3 Å². The van der Waals surface area contributed by atoms with Crippen LogP contribution >= 0.6 is 11.8 Å². The van der Waals surface area contributed by atoms with Crippen molar-refractivity contribution in [2.45, 2.75) is 29.8 Å². The highest BCUT2D eigenvalue weighted by molar-refractivity contribution is 8.02. The van der Waals surface area contributed by atoms with E-state index in [1.807, 2.05) is 13.8 Å². The Kier molecular flexibility index (Phi) is 5.04. The molecule has 0 spiro atoms. The minimum absolute atomic E-state index is 0.0236. The minimum Gasteiger partial charge on any atom is -0.464 e. The summed E-state index contributed by atoms with van der Waals surface area (Å²) >= 11 is 1.60. The van der Waals surface area contributed by atoms with Crippen LogP contribution in [0.25, 0.3) is 21.5 Å². The van der Waals surface area contributed by atoms with Crippen molar-refractivity contribution in [1.82, 2.24) is 0 Å². The maximum atomic E-state index is 13.6. The van der Waals surface area contributed by atoms with Gasteiger partial charge < -0.3 is 9.47 Å². The third kappa shape index (κ3) is 3.04. The van der Waals surface area contributed by atoms with Crippen LogP contribution in [-0.4, -0.2) is 23.9 Å². The zero-order valence-corrected chi connectivity index (χ0v) is 19.9. The first kappa shape index (κ1) is 21.1. The van der Waals surface area contributed by atoms with Gasteiger partial charge in [0.05, 0.1) is 18.5 Å². The van der Waals surface area contributed by atoms with Crippen LogP contribution in [0.2, 0.25) is 0 Å². The van der Waals surface area contributed by atoms with Gasteiger partial charge in [0.15, 0.2) is 4.75 Å². The van der Waals surface area contributed by atoms with Gasteiger partial charge in [-0.15, -0.1) is 11.8 Å². The van der Waals surface area contributed by atoms with E-state index in [0.717, 1.165) is 21.9 Å². The predicted molar refractivity (Wildman–Crippen MR) is 138 cm³/mol. The topological polar surface area (TPSA) is 35.5 Å². The average molecular weight is 465 g/mol. The Morgan fingerprint density at radius 2 is 1.32 bits per heavy atom. The van der Waals surface area contributed by atoms with Crippen molar-refractivity contribution in [2.24, 2.45) is 0 Å². The highest BCUT2D eigenvalue weighted by Gasteiger charge is 2.58. The standard InChI is InChI=1S/C30H24O3S/c1-3-32-14-13-30(29(31)33-4-2)27-23-15-19-9-5-7-11-21(19)17-25(23)28(34-30)26-18-22-12-8-6-10-20(22)16-24(26)27/h5-12,15-18,27-28H,3-4H2,1-2H3. The lowest BCUT2D eigenvalue weighted by atomic mass is 9.69. The van der Waals surface area contributed by atoms with E-state index in [1.54, 1.807) is 11.8 Å². The highest BCUT2D eigenvalue weighted by atomic mass is 32.2. The predicted octanol–water partition coefficient (Wildman–Crippen LogP) is 6.57. The molecule has 2 bridgehead atoms. The van der Waals surface area contributed by atoms with Gasteiger partial charge in [0.25, 0.3) is 0 Å². The fourth-order valence-electron chi connectivity index (χ4n) is 5.40. The lowest BCUT2D eigenvalue weighted by molar-refractivity contribution is -0.144. The van der Waals surface area contributed by atoms with E-state index in [-0.39, 0.29) is 17.1 Å². The SMILES string of the molecule is CCOC#CC1(C(=O)OCC)SC2c3cc4ccccc4cc3C1c1cc3ccccc3cc12. The quantitative estimate of drug-likeness (QED) is 0.254. The van der Waals surface area contributed by atoms with Gasteiger partial charge in [-0.05, 0) is 75.7 Å². The third-order valence-corrected chi connectivity index (χ3v) is 8.45. The second kappa shape index (κ2) is 8.11. The molecule has 0 N–H and O–H groups in total. The van der Waals surface area contributed by atoms with Crippen molar-refractivity contribution in [3.8, 4) is 12.0 Å². The van der Waals surface area contributed by atoms with E-state index in [2.05, 4.69) is 84.8 Å². The number of hydrogen-bond donors (Lipinski definition) is 0. The Morgan fingerprint density at radius 3 is 1.79 bits per heavy atom. The molecule has 0 aromatic heterocycles. The van der Waals surface area contributed by atoms with Crippen LogP contribution in [0, 0.1) is 12.0 Å². The fourth-order valence-corrected chi connectivity index (χ4v) is 7.08. The molecule has 1 aliphatic carbocycles. The van der Waals surface area contributed by atoms with Gasteiger partial charge in [0.1, 0.15) is 6.11 Å². The second-order valence-electron chi connectivity index (χ2n) is 8.70. The molecule has 0 amide bonds. The average Bonchev–Trinajstić information content (AvgIpc) is 2.87. The number of ether oxygens (including phenoxy) is 2. The van der Waals surface area contributed by atoms with E-state index < -0.39 is 4.75 Å². The van der Waals surface area contributed by atoms with Gasteiger partial charge in [-0.25, -0.2) is 4.79 Å². The summed E-state index contributed by atoms with van der Waals surface area (Å²) in [6.45, 7) is 4.52. The summed E-state index contributed by atoms with van der Waals surface area (Å²) in [4.78, 5) is 13.6. The van der Waals surface area contributed by atoms with Crippen molar-refractivity contribution in [2.75, 3.05) is 13.2 Å². The third-order valence-electron chi connectivity index (χ3n) is 6.83. The van der Waals surface area contributed by atoms with Crippen molar-refractivity contribution in [3.63, 3.8) is 0 Å². The summed E-state index contributed by atoms with van der Waals surface area (Å²) in [5.41, 5.74) is 4.83. The minimum atomic E-state index is -1.07. The molecule has 1 unspecified atom stereocenters. The molecule has 7 rings (SSSR count). The fraction of sp³-hybridized carbons (Fsp3) is 0.233. The number of fused-ring (bicyclic) bond motifs is 3. The van der Waals surface area contributed by atoms with Crippen LogP contribution in [0.15, 0.2) is 72.8 Å².